The van der Waals surface area contributed by atoms with Crippen LogP contribution in [0.25, 0.3) is 6.08 Å². The van der Waals surface area contributed by atoms with Crippen molar-refractivity contribution in [1.29, 1.82) is 0 Å². The maximum Gasteiger partial charge on any atom is 0.250 e. The van der Waals surface area contributed by atoms with Crippen LogP contribution in [-0.4, -0.2) is 39.3 Å². The van der Waals surface area contributed by atoms with E-state index in [9.17, 15) is 4.79 Å². The van der Waals surface area contributed by atoms with Crippen molar-refractivity contribution in [3.05, 3.63) is 29.3 Å². The monoisotopic (exact) mass is 302 g/mol. The molecule has 2 N–H and O–H groups in total. The summed E-state index contributed by atoms with van der Waals surface area (Å²) in [6, 6.07) is 5.67. The van der Waals surface area contributed by atoms with Crippen molar-refractivity contribution in [3.63, 3.8) is 0 Å². The molecule has 0 aromatic heterocycles. The lowest BCUT2D eigenvalue weighted by Gasteiger charge is -2.19. The zero-order valence-corrected chi connectivity index (χ0v) is 12.9. The molecule has 0 saturated carbocycles. The normalized spacial score (nSPS) is 19.9. The third kappa shape index (κ3) is 3.25. The zero-order valence-electron chi connectivity index (χ0n) is 12.9. The van der Waals surface area contributed by atoms with Gasteiger partial charge in [-0.15, -0.1) is 0 Å². The van der Waals surface area contributed by atoms with Gasteiger partial charge in [0.05, 0.1) is 12.7 Å². The Morgan fingerprint density at radius 2 is 2.41 bits per heavy atom. The predicted octanol–water partition coefficient (Wildman–Crippen LogP) is 1.59. The van der Waals surface area contributed by atoms with Gasteiger partial charge in [0.15, 0.2) is 11.5 Å². The Balaban J connectivity index is 1.59. The summed E-state index contributed by atoms with van der Waals surface area (Å²) in [7, 11) is 1.61. The standard InChI is InChI=1S/C17H22N2O3/c1-21-15-4-2-3-13-9-14(11-22-16(13)15)17(20)19-8-6-12-5-7-18-10-12/h2-4,9,12,18H,5-8,10-11H2,1H3,(H,19,20). The molecule has 1 unspecified atom stereocenters. The van der Waals surface area contributed by atoms with Crippen LogP contribution >= 0.6 is 0 Å². The van der Waals surface area contributed by atoms with Crippen LogP contribution in [0.5, 0.6) is 11.5 Å². The van der Waals surface area contributed by atoms with Gasteiger partial charge in [0, 0.05) is 12.1 Å². The van der Waals surface area contributed by atoms with Gasteiger partial charge in [-0.25, -0.2) is 0 Å². The first-order valence-corrected chi connectivity index (χ1v) is 7.77. The SMILES string of the molecule is COc1cccc2c1OCC(C(=O)NCCC1CCNC1)=C2. The van der Waals surface area contributed by atoms with E-state index in [4.69, 9.17) is 9.47 Å². The first kappa shape index (κ1) is 14.9. The van der Waals surface area contributed by atoms with Crippen LogP contribution in [0, 0.1) is 5.92 Å². The molecule has 0 radical (unpaired) electrons. The number of fused-ring (bicyclic) bond motifs is 1. The van der Waals surface area contributed by atoms with Crippen molar-refractivity contribution >= 4 is 12.0 Å². The minimum Gasteiger partial charge on any atom is -0.493 e. The summed E-state index contributed by atoms with van der Waals surface area (Å²) in [5.74, 6) is 2.04. The predicted molar refractivity (Wildman–Crippen MR) is 85.1 cm³/mol. The number of nitrogens with one attached hydrogen (secondary N) is 2. The van der Waals surface area contributed by atoms with Gasteiger partial charge in [0.25, 0.3) is 5.91 Å². The number of rotatable bonds is 5. The van der Waals surface area contributed by atoms with Crippen LogP contribution in [0.15, 0.2) is 23.8 Å². The molecule has 1 atom stereocenters. The number of methoxy groups -OCH3 is 1. The molecule has 3 rings (SSSR count). The highest BCUT2D eigenvalue weighted by atomic mass is 16.5. The lowest BCUT2D eigenvalue weighted by Crippen LogP contribution is -2.30. The minimum atomic E-state index is -0.0422. The van der Waals surface area contributed by atoms with E-state index in [2.05, 4.69) is 10.6 Å². The fourth-order valence-corrected chi connectivity index (χ4v) is 2.94. The first-order chi connectivity index (χ1) is 10.8. The van der Waals surface area contributed by atoms with Crippen molar-refractivity contribution < 1.29 is 14.3 Å². The fourth-order valence-electron chi connectivity index (χ4n) is 2.94. The second-order valence-corrected chi connectivity index (χ2v) is 5.74. The lowest BCUT2D eigenvalue weighted by molar-refractivity contribution is -0.117. The minimum absolute atomic E-state index is 0.0422. The number of carbonyl (C=O) groups is 1. The summed E-state index contributed by atoms with van der Waals surface area (Å²) < 4.78 is 11.0. The van der Waals surface area contributed by atoms with Gasteiger partial charge >= 0.3 is 0 Å². The lowest BCUT2D eigenvalue weighted by atomic mass is 10.0. The number of ether oxygens (including phenoxy) is 2. The second-order valence-electron chi connectivity index (χ2n) is 5.74. The number of hydrogen-bond donors (Lipinski definition) is 2. The Hall–Kier alpha value is -2.01. The summed E-state index contributed by atoms with van der Waals surface area (Å²) >= 11 is 0. The maximum atomic E-state index is 12.2. The molecule has 0 spiro atoms. The van der Waals surface area contributed by atoms with Crippen LogP contribution in [-0.2, 0) is 4.79 Å². The van der Waals surface area contributed by atoms with E-state index in [0.29, 0.717) is 29.5 Å². The Kier molecular flexibility index (Phi) is 4.63. The topological polar surface area (TPSA) is 59.6 Å². The number of carbonyl (C=O) groups excluding carboxylic acids is 1. The van der Waals surface area contributed by atoms with Gasteiger partial charge in [-0.05, 0) is 44.0 Å². The summed E-state index contributed by atoms with van der Waals surface area (Å²) in [6.45, 7) is 3.16. The third-order valence-corrected chi connectivity index (χ3v) is 4.22. The van der Waals surface area contributed by atoms with E-state index < -0.39 is 0 Å². The molecule has 1 fully saturated rings. The van der Waals surface area contributed by atoms with E-state index in [-0.39, 0.29) is 12.5 Å². The maximum absolute atomic E-state index is 12.2. The molecule has 5 nitrogen and oxygen atoms in total. The molecule has 22 heavy (non-hydrogen) atoms. The summed E-state index contributed by atoms with van der Waals surface area (Å²) in [6.07, 6.45) is 4.11. The van der Waals surface area contributed by atoms with Gasteiger partial charge in [-0.3, -0.25) is 4.79 Å². The van der Waals surface area contributed by atoms with Gasteiger partial charge in [-0.2, -0.15) is 0 Å². The average Bonchev–Trinajstić information content (AvgIpc) is 3.07. The zero-order chi connectivity index (χ0) is 15.4. The molecular formula is C17H22N2O3. The number of hydrogen-bond acceptors (Lipinski definition) is 4. The molecule has 1 aromatic carbocycles. The Labute approximate surface area is 130 Å². The van der Waals surface area contributed by atoms with Crippen molar-refractivity contribution in [2.75, 3.05) is 33.4 Å². The van der Waals surface area contributed by atoms with Crippen LogP contribution < -0.4 is 20.1 Å². The molecule has 2 heterocycles. The van der Waals surface area contributed by atoms with Crippen LogP contribution in [0.2, 0.25) is 0 Å². The molecule has 0 aliphatic carbocycles. The summed E-state index contributed by atoms with van der Waals surface area (Å²) in [5, 5.41) is 6.33. The van der Waals surface area contributed by atoms with Crippen molar-refractivity contribution in [3.8, 4) is 11.5 Å². The number of amides is 1. The average molecular weight is 302 g/mol. The first-order valence-electron chi connectivity index (χ1n) is 7.77. The van der Waals surface area contributed by atoms with Gasteiger partial charge in [-0.1, -0.05) is 12.1 Å². The molecule has 0 bridgehead atoms. The second kappa shape index (κ2) is 6.83. The van der Waals surface area contributed by atoms with E-state index in [0.717, 1.165) is 25.1 Å². The van der Waals surface area contributed by atoms with E-state index >= 15 is 0 Å². The van der Waals surface area contributed by atoms with E-state index in [1.54, 1.807) is 7.11 Å². The quantitative estimate of drug-likeness (QED) is 0.867. The molecule has 1 aromatic rings. The molecule has 2 aliphatic heterocycles. The largest absolute Gasteiger partial charge is 0.493 e. The van der Waals surface area contributed by atoms with E-state index in [1.807, 2.05) is 24.3 Å². The summed E-state index contributed by atoms with van der Waals surface area (Å²) in [5.41, 5.74) is 1.54. The van der Waals surface area contributed by atoms with Crippen molar-refractivity contribution in [2.45, 2.75) is 12.8 Å². The Morgan fingerprint density at radius 3 is 3.18 bits per heavy atom. The number of benzene rings is 1. The van der Waals surface area contributed by atoms with Crippen LogP contribution in [0.4, 0.5) is 0 Å². The highest BCUT2D eigenvalue weighted by Gasteiger charge is 2.20. The van der Waals surface area contributed by atoms with Crippen molar-refractivity contribution in [2.24, 2.45) is 5.92 Å². The fraction of sp³-hybridized carbons (Fsp3) is 0.471. The highest BCUT2D eigenvalue weighted by Crippen LogP contribution is 2.35. The van der Waals surface area contributed by atoms with Crippen molar-refractivity contribution in [1.82, 2.24) is 10.6 Å². The molecule has 2 aliphatic rings. The van der Waals surface area contributed by atoms with Crippen LogP contribution in [0.1, 0.15) is 18.4 Å². The number of para-hydroxylation sites is 1. The third-order valence-electron chi connectivity index (χ3n) is 4.22. The molecular weight excluding hydrogens is 280 g/mol. The van der Waals surface area contributed by atoms with E-state index in [1.165, 1.54) is 6.42 Å². The van der Waals surface area contributed by atoms with Gasteiger partial charge in [0.1, 0.15) is 6.61 Å². The molecule has 1 amide bonds. The van der Waals surface area contributed by atoms with Crippen LogP contribution in [0.3, 0.4) is 0 Å². The Bertz CT molecular complexity index is 577. The molecule has 1 saturated heterocycles. The smallest absolute Gasteiger partial charge is 0.250 e. The molecule has 5 heteroatoms. The summed E-state index contributed by atoms with van der Waals surface area (Å²) in [4.78, 5) is 12.2. The Morgan fingerprint density at radius 1 is 1.50 bits per heavy atom. The highest BCUT2D eigenvalue weighted by molar-refractivity contribution is 5.99. The van der Waals surface area contributed by atoms with Gasteiger partial charge < -0.3 is 20.1 Å². The molecule has 118 valence electrons. The van der Waals surface area contributed by atoms with Gasteiger partial charge in [0.2, 0.25) is 0 Å².